The fourth-order valence-electron chi connectivity index (χ4n) is 0. The molecule has 8 heavy (non-hydrogen) atoms. The van der Waals surface area contributed by atoms with Crippen LogP contribution in [-0.4, -0.2) is 32.9 Å². The van der Waals surface area contributed by atoms with Gasteiger partial charge in [0.2, 0.25) is 0 Å². The normalized spacial score (nSPS) is 0.875. The van der Waals surface area contributed by atoms with Gasteiger partial charge in [-0.05, 0) is 0 Å². The van der Waals surface area contributed by atoms with E-state index in [4.69, 9.17) is 0 Å². The van der Waals surface area contributed by atoms with Crippen molar-refractivity contribution in [3.05, 3.63) is 0 Å². The third-order valence-electron chi connectivity index (χ3n) is 0. The van der Waals surface area contributed by atoms with Crippen LogP contribution in [0.5, 0.6) is 0 Å². The molecule has 0 heterocycles. The Balaban J connectivity index is -0.000000000333. The molecule has 64 valence electrons. The summed E-state index contributed by atoms with van der Waals surface area (Å²) in [7, 11) is 4.64. The molecular formula is H12ClIrO6. The predicted octanol–water partition coefficient (Wildman–Crippen LogP) is -4.26. The summed E-state index contributed by atoms with van der Waals surface area (Å²) in [5, 5.41) is 0. The zero-order valence-corrected chi connectivity index (χ0v) is 6.86. The summed E-state index contributed by atoms with van der Waals surface area (Å²) >= 11 is 1.47. The van der Waals surface area contributed by atoms with Crippen molar-refractivity contribution in [1.82, 2.24) is 0 Å². The van der Waals surface area contributed by atoms with E-state index >= 15 is 0 Å². The van der Waals surface area contributed by atoms with Gasteiger partial charge >= 0.3 is 27.5 Å². The van der Waals surface area contributed by atoms with Gasteiger partial charge in [0.05, 0.1) is 0 Å². The standard InChI is InChI=1S/ClH.Ir.6H2O/h1H;;6*1H2/q;+1;;;;;;/p-1. The van der Waals surface area contributed by atoms with Gasteiger partial charge < -0.3 is 32.9 Å². The van der Waals surface area contributed by atoms with Crippen LogP contribution in [0.4, 0.5) is 0 Å². The zero-order valence-electron chi connectivity index (χ0n) is 3.71. The molecule has 0 saturated heterocycles. The summed E-state index contributed by atoms with van der Waals surface area (Å²) in [6.45, 7) is 0. The molecular weight excluding hydrogens is 324 g/mol. The van der Waals surface area contributed by atoms with Crippen LogP contribution < -0.4 is 0 Å². The van der Waals surface area contributed by atoms with E-state index in [2.05, 4.69) is 9.58 Å². The Morgan fingerprint density at radius 3 is 0.500 bits per heavy atom. The second-order valence-electron chi connectivity index (χ2n) is 0. The quantitative estimate of drug-likeness (QED) is 0.414. The number of rotatable bonds is 0. The van der Waals surface area contributed by atoms with Crippen molar-refractivity contribution in [3.63, 3.8) is 0 Å². The van der Waals surface area contributed by atoms with Crippen LogP contribution in [-0.2, 0) is 17.9 Å². The topological polar surface area (TPSA) is 189 Å². The van der Waals surface area contributed by atoms with Crippen LogP contribution in [0.3, 0.4) is 0 Å². The van der Waals surface area contributed by atoms with E-state index < -0.39 is 0 Å². The summed E-state index contributed by atoms with van der Waals surface area (Å²) < 4.78 is 0. The van der Waals surface area contributed by atoms with Gasteiger partial charge in [-0.15, -0.1) is 0 Å². The Morgan fingerprint density at radius 2 is 0.500 bits per heavy atom. The van der Waals surface area contributed by atoms with Crippen molar-refractivity contribution >= 4 is 9.58 Å². The molecule has 0 radical (unpaired) electrons. The molecule has 0 bridgehead atoms. The summed E-state index contributed by atoms with van der Waals surface area (Å²) in [6.07, 6.45) is 0. The summed E-state index contributed by atoms with van der Waals surface area (Å²) in [5.41, 5.74) is 0. The Morgan fingerprint density at radius 1 is 0.500 bits per heavy atom. The summed E-state index contributed by atoms with van der Waals surface area (Å²) in [5.74, 6) is 0. The molecule has 0 rings (SSSR count). The molecule has 6 nitrogen and oxygen atoms in total. The monoisotopic (exact) mass is 336 g/mol. The minimum absolute atomic E-state index is 0. The molecule has 0 unspecified atom stereocenters. The first-order chi connectivity index (χ1) is 1.00. The third kappa shape index (κ3) is 445. The molecule has 0 spiro atoms. The summed E-state index contributed by atoms with van der Waals surface area (Å²) in [4.78, 5) is 0. The van der Waals surface area contributed by atoms with E-state index in [-0.39, 0.29) is 32.9 Å². The van der Waals surface area contributed by atoms with Gasteiger partial charge in [0.25, 0.3) is 0 Å². The first-order valence-electron chi connectivity index (χ1n) is 0.126. The fraction of sp³-hybridized carbons (Fsp3) is 0. The van der Waals surface area contributed by atoms with E-state index in [1.165, 1.54) is 17.9 Å². The SMILES string of the molecule is O.O.O.O.O.O.[Cl][Ir]. The van der Waals surface area contributed by atoms with Crippen molar-refractivity contribution in [2.24, 2.45) is 0 Å². The third-order valence-corrected chi connectivity index (χ3v) is 0. The van der Waals surface area contributed by atoms with Crippen LogP contribution in [0, 0.1) is 0 Å². The van der Waals surface area contributed by atoms with E-state index in [9.17, 15) is 0 Å². The maximum absolute atomic E-state index is 4.64. The van der Waals surface area contributed by atoms with Crippen molar-refractivity contribution in [2.45, 2.75) is 0 Å². The number of halogens is 1. The molecule has 0 atom stereocenters. The van der Waals surface area contributed by atoms with Crippen LogP contribution in [0.2, 0.25) is 0 Å². The zero-order chi connectivity index (χ0) is 2.00. The van der Waals surface area contributed by atoms with E-state index in [0.29, 0.717) is 0 Å². The van der Waals surface area contributed by atoms with Crippen molar-refractivity contribution in [3.8, 4) is 0 Å². The van der Waals surface area contributed by atoms with Crippen LogP contribution in [0.1, 0.15) is 0 Å². The molecule has 0 aliphatic rings. The van der Waals surface area contributed by atoms with E-state index in [0.717, 1.165) is 0 Å². The van der Waals surface area contributed by atoms with Crippen molar-refractivity contribution in [2.75, 3.05) is 0 Å². The van der Waals surface area contributed by atoms with Crippen LogP contribution in [0.15, 0.2) is 0 Å². The Labute approximate surface area is 60.8 Å². The van der Waals surface area contributed by atoms with E-state index in [1.807, 2.05) is 0 Å². The molecule has 0 saturated carbocycles. The first-order valence-corrected chi connectivity index (χ1v) is 3.09. The number of hydrogen-bond acceptors (Lipinski definition) is 0. The second kappa shape index (κ2) is 707. The van der Waals surface area contributed by atoms with Gasteiger partial charge in [-0.2, -0.15) is 0 Å². The fourth-order valence-corrected chi connectivity index (χ4v) is 0. The van der Waals surface area contributed by atoms with Gasteiger partial charge in [-0.25, -0.2) is 0 Å². The van der Waals surface area contributed by atoms with Gasteiger partial charge in [0.15, 0.2) is 0 Å². The number of hydrogen-bond donors (Lipinski definition) is 0. The molecule has 0 amide bonds. The van der Waals surface area contributed by atoms with Crippen molar-refractivity contribution < 1.29 is 50.7 Å². The summed E-state index contributed by atoms with van der Waals surface area (Å²) in [6, 6.07) is 0. The van der Waals surface area contributed by atoms with Gasteiger partial charge in [0.1, 0.15) is 0 Å². The van der Waals surface area contributed by atoms with Crippen LogP contribution in [0.25, 0.3) is 0 Å². The second-order valence-corrected chi connectivity index (χ2v) is 0. The van der Waals surface area contributed by atoms with Crippen molar-refractivity contribution in [1.29, 1.82) is 0 Å². The Bertz CT molecular complexity index is 8.49. The van der Waals surface area contributed by atoms with Crippen LogP contribution >= 0.6 is 9.58 Å². The predicted molar refractivity (Wildman–Crippen MR) is 27.5 cm³/mol. The van der Waals surface area contributed by atoms with Gasteiger partial charge in [0, 0.05) is 0 Å². The molecule has 0 aliphatic heterocycles. The average molecular weight is 336 g/mol. The molecule has 0 aliphatic carbocycles. The van der Waals surface area contributed by atoms with Gasteiger partial charge in [-0.1, -0.05) is 0 Å². The molecule has 0 fully saturated rings. The molecule has 0 aromatic carbocycles. The molecule has 12 N–H and O–H groups in total. The van der Waals surface area contributed by atoms with Gasteiger partial charge in [-0.3, -0.25) is 0 Å². The average Bonchev–Trinajstić information content (AvgIpc) is 1.00. The van der Waals surface area contributed by atoms with E-state index in [1.54, 1.807) is 0 Å². The maximum atomic E-state index is 4.64. The first kappa shape index (κ1) is 179. The Hall–Kier alpha value is 0.699. The minimum atomic E-state index is 0. The molecule has 8 heteroatoms. The Kier molecular flexibility index (Phi) is 15800. The molecule has 0 aromatic heterocycles. The molecule has 0 aromatic rings.